The molecule has 17 heavy (non-hydrogen) atoms. The predicted molar refractivity (Wildman–Crippen MR) is 72.4 cm³/mol. The van der Waals surface area contributed by atoms with Gasteiger partial charge in [0.2, 0.25) is 0 Å². The number of methoxy groups -OCH3 is 1. The van der Waals surface area contributed by atoms with Crippen molar-refractivity contribution in [2.75, 3.05) is 7.11 Å². The molecule has 1 aromatic rings. The Labute approximate surface area is 111 Å². The van der Waals surface area contributed by atoms with Crippen LogP contribution in [0.4, 0.5) is 0 Å². The second-order valence-corrected chi connectivity index (χ2v) is 5.38. The van der Waals surface area contributed by atoms with Crippen LogP contribution in [0, 0.1) is 0 Å². The van der Waals surface area contributed by atoms with Crippen LogP contribution in [0.2, 0.25) is 0 Å². The van der Waals surface area contributed by atoms with Gasteiger partial charge in [-0.25, -0.2) is 0 Å². The van der Waals surface area contributed by atoms with E-state index in [0.717, 1.165) is 15.8 Å². The molecular formula is C14H19BrO2. The highest BCUT2D eigenvalue weighted by Crippen LogP contribution is 2.26. The highest BCUT2D eigenvalue weighted by molar-refractivity contribution is 9.10. The molecule has 0 N–H and O–H groups in total. The summed E-state index contributed by atoms with van der Waals surface area (Å²) in [5, 5.41) is 0. The van der Waals surface area contributed by atoms with Gasteiger partial charge in [0.1, 0.15) is 5.75 Å². The molecule has 0 radical (unpaired) electrons. The molecule has 0 atom stereocenters. The van der Waals surface area contributed by atoms with Crippen molar-refractivity contribution < 1.29 is 9.47 Å². The average molecular weight is 299 g/mol. The molecule has 1 fully saturated rings. The maximum Gasteiger partial charge on any atom is 0.119 e. The fourth-order valence-corrected chi connectivity index (χ4v) is 2.59. The summed E-state index contributed by atoms with van der Waals surface area (Å²) in [4.78, 5) is 0. The third-order valence-electron chi connectivity index (χ3n) is 3.28. The zero-order valence-corrected chi connectivity index (χ0v) is 11.8. The molecule has 3 heteroatoms. The lowest BCUT2D eigenvalue weighted by Gasteiger charge is -2.22. The zero-order chi connectivity index (χ0) is 12.1. The van der Waals surface area contributed by atoms with Crippen LogP contribution >= 0.6 is 15.9 Å². The molecule has 1 aliphatic carbocycles. The Balaban J connectivity index is 1.92. The van der Waals surface area contributed by atoms with Gasteiger partial charge in [0.25, 0.3) is 0 Å². The van der Waals surface area contributed by atoms with Crippen LogP contribution in [-0.2, 0) is 11.3 Å². The van der Waals surface area contributed by atoms with Crippen LogP contribution in [0.5, 0.6) is 5.75 Å². The van der Waals surface area contributed by atoms with E-state index in [1.807, 2.05) is 18.2 Å². The Morgan fingerprint density at radius 3 is 2.71 bits per heavy atom. The summed E-state index contributed by atoms with van der Waals surface area (Å²) in [5.74, 6) is 0.885. The summed E-state index contributed by atoms with van der Waals surface area (Å²) in [5.41, 5.74) is 1.16. The first-order valence-corrected chi connectivity index (χ1v) is 7.03. The summed E-state index contributed by atoms with van der Waals surface area (Å²) < 4.78 is 12.3. The summed E-state index contributed by atoms with van der Waals surface area (Å²) >= 11 is 3.55. The minimum atomic E-state index is 0.446. The van der Waals surface area contributed by atoms with E-state index in [1.54, 1.807) is 7.11 Å². The van der Waals surface area contributed by atoms with E-state index in [2.05, 4.69) is 15.9 Å². The van der Waals surface area contributed by atoms with Gasteiger partial charge in [-0.1, -0.05) is 35.2 Å². The Bertz CT molecular complexity index is 359. The average Bonchev–Trinajstić information content (AvgIpc) is 2.39. The second kappa shape index (κ2) is 6.41. The Morgan fingerprint density at radius 1 is 1.24 bits per heavy atom. The number of hydrogen-bond acceptors (Lipinski definition) is 2. The molecule has 2 rings (SSSR count). The summed E-state index contributed by atoms with van der Waals surface area (Å²) in [6.07, 6.45) is 6.85. The zero-order valence-electron chi connectivity index (χ0n) is 10.2. The van der Waals surface area contributed by atoms with Gasteiger partial charge in [0, 0.05) is 4.47 Å². The van der Waals surface area contributed by atoms with E-state index in [4.69, 9.17) is 9.47 Å². The Kier molecular flexibility index (Phi) is 4.86. The van der Waals surface area contributed by atoms with Crippen LogP contribution in [0.15, 0.2) is 22.7 Å². The third kappa shape index (κ3) is 3.71. The highest BCUT2D eigenvalue weighted by atomic mass is 79.9. The lowest BCUT2D eigenvalue weighted by atomic mass is 9.98. The molecule has 2 nitrogen and oxygen atoms in total. The minimum absolute atomic E-state index is 0.446. The van der Waals surface area contributed by atoms with Gasteiger partial charge in [0.05, 0.1) is 19.8 Å². The molecule has 1 aromatic carbocycles. The first-order chi connectivity index (χ1) is 8.29. The second-order valence-electron chi connectivity index (χ2n) is 4.53. The van der Waals surface area contributed by atoms with Crippen molar-refractivity contribution in [3.05, 3.63) is 28.2 Å². The molecule has 0 saturated heterocycles. The summed E-state index contributed by atoms with van der Waals surface area (Å²) in [7, 11) is 1.69. The monoisotopic (exact) mass is 298 g/mol. The molecule has 0 spiro atoms. The van der Waals surface area contributed by atoms with Crippen LogP contribution in [0.1, 0.15) is 37.7 Å². The number of benzene rings is 1. The molecule has 1 saturated carbocycles. The number of ether oxygens (including phenoxy) is 2. The maximum atomic E-state index is 5.96. The first-order valence-electron chi connectivity index (χ1n) is 6.23. The number of hydrogen-bond donors (Lipinski definition) is 0. The van der Waals surface area contributed by atoms with Gasteiger partial charge in [-0.2, -0.15) is 0 Å². The molecule has 0 heterocycles. The smallest absolute Gasteiger partial charge is 0.119 e. The van der Waals surface area contributed by atoms with Gasteiger partial charge in [-0.15, -0.1) is 0 Å². The van der Waals surface area contributed by atoms with Crippen molar-refractivity contribution in [1.82, 2.24) is 0 Å². The molecule has 0 aliphatic heterocycles. The van der Waals surface area contributed by atoms with Crippen molar-refractivity contribution in [3.8, 4) is 5.75 Å². The van der Waals surface area contributed by atoms with Crippen LogP contribution in [-0.4, -0.2) is 13.2 Å². The van der Waals surface area contributed by atoms with Crippen molar-refractivity contribution in [2.45, 2.75) is 44.8 Å². The van der Waals surface area contributed by atoms with E-state index < -0.39 is 0 Å². The van der Waals surface area contributed by atoms with Crippen molar-refractivity contribution in [2.24, 2.45) is 0 Å². The van der Waals surface area contributed by atoms with Crippen LogP contribution < -0.4 is 4.74 Å². The lowest BCUT2D eigenvalue weighted by molar-refractivity contribution is 0.0165. The van der Waals surface area contributed by atoms with Crippen LogP contribution in [0.3, 0.4) is 0 Å². The molecule has 0 unspecified atom stereocenters. The standard InChI is InChI=1S/C14H19BrO2/c1-16-13-7-8-14(15)11(9-13)10-17-12-5-3-2-4-6-12/h7-9,12H,2-6,10H2,1H3. The number of rotatable bonds is 4. The maximum absolute atomic E-state index is 5.96. The van der Waals surface area contributed by atoms with E-state index in [0.29, 0.717) is 12.7 Å². The van der Waals surface area contributed by atoms with E-state index in [-0.39, 0.29) is 0 Å². The molecule has 0 amide bonds. The number of halogens is 1. The van der Waals surface area contributed by atoms with Crippen LogP contribution in [0.25, 0.3) is 0 Å². The lowest BCUT2D eigenvalue weighted by Crippen LogP contribution is -2.16. The van der Waals surface area contributed by atoms with E-state index in [1.165, 1.54) is 32.1 Å². The van der Waals surface area contributed by atoms with Gasteiger partial charge < -0.3 is 9.47 Å². The molecule has 0 aromatic heterocycles. The Hall–Kier alpha value is -0.540. The van der Waals surface area contributed by atoms with E-state index >= 15 is 0 Å². The molecule has 94 valence electrons. The summed E-state index contributed by atoms with van der Waals surface area (Å²) in [6, 6.07) is 6.00. The summed E-state index contributed by atoms with van der Waals surface area (Å²) in [6.45, 7) is 0.669. The molecule has 1 aliphatic rings. The third-order valence-corrected chi connectivity index (χ3v) is 4.05. The molecule has 0 bridgehead atoms. The van der Waals surface area contributed by atoms with Gasteiger partial charge in [-0.3, -0.25) is 0 Å². The van der Waals surface area contributed by atoms with Crippen molar-refractivity contribution in [3.63, 3.8) is 0 Å². The first kappa shape index (κ1) is 12.9. The highest BCUT2D eigenvalue weighted by Gasteiger charge is 2.14. The fraction of sp³-hybridized carbons (Fsp3) is 0.571. The SMILES string of the molecule is COc1ccc(Br)c(COC2CCCCC2)c1. The van der Waals surface area contributed by atoms with Crippen molar-refractivity contribution >= 4 is 15.9 Å². The normalized spacial score (nSPS) is 17.1. The quantitative estimate of drug-likeness (QED) is 0.825. The topological polar surface area (TPSA) is 18.5 Å². The van der Waals surface area contributed by atoms with Gasteiger partial charge in [0.15, 0.2) is 0 Å². The fourth-order valence-electron chi connectivity index (χ4n) is 2.23. The van der Waals surface area contributed by atoms with Gasteiger partial charge in [-0.05, 0) is 36.6 Å². The van der Waals surface area contributed by atoms with Crippen molar-refractivity contribution in [1.29, 1.82) is 0 Å². The minimum Gasteiger partial charge on any atom is -0.497 e. The molecular weight excluding hydrogens is 280 g/mol. The van der Waals surface area contributed by atoms with Gasteiger partial charge >= 0.3 is 0 Å². The predicted octanol–water partition coefficient (Wildman–Crippen LogP) is 4.31. The Morgan fingerprint density at radius 2 is 2.00 bits per heavy atom. The largest absolute Gasteiger partial charge is 0.497 e. The van der Waals surface area contributed by atoms with E-state index in [9.17, 15) is 0 Å².